The van der Waals surface area contributed by atoms with E-state index in [0.29, 0.717) is 0 Å². The zero-order valence-electron chi connectivity index (χ0n) is 19.0. The Labute approximate surface area is 191 Å². The fourth-order valence-corrected chi connectivity index (χ4v) is 6.12. The van der Waals surface area contributed by atoms with Gasteiger partial charge in [-0.05, 0) is 59.4 Å². The van der Waals surface area contributed by atoms with Crippen LogP contribution in [-0.2, 0) is 5.41 Å². The van der Waals surface area contributed by atoms with Gasteiger partial charge in [0.15, 0.2) is 5.58 Å². The van der Waals surface area contributed by atoms with Gasteiger partial charge in [-0.1, -0.05) is 57.2 Å². The molecule has 0 saturated carbocycles. The van der Waals surface area contributed by atoms with Crippen molar-refractivity contribution >= 4 is 53.3 Å². The summed E-state index contributed by atoms with van der Waals surface area (Å²) >= 11 is 1.80. The molecule has 0 aliphatic carbocycles. The highest BCUT2D eigenvalue weighted by Crippen LogP contribution is 2.44. The average Bonchev–Trinajstić information content (AvgIpc) is 3.29. The second-order valence-corrected chi connectivity index (χ2v) is 10.8. The van der Waals surface area contributed by atoms with E-state index in [4.69, 9.17) is 9.40 Å². The number of furan rings is 1. The fourth-order valence-electron chi connectivity index (χ4n) is 4.83. The minimum atomic E-state index is 0.0407. The van der Waals surface area contributed by atoms with E-state index in [1.165, 1.54) is 53.0 Å². The molecule has 0 saturated heterocycles. The molecule has 0 N–H and O–H groups in total. The van der Waals surface area contributed by atoms with Crippen molar-refractivity contribution < 1.29 is 4.42 Å². The van der Waals surface area contributed by atoms with Gasteiger partial charge < -0.3 is 4.42 Å². The van der Waals surface area contributed by atoms with Crippen LogP contribution in [0.5, 0.6) is 0 Å². The van der Waals surface area contributed by atoms with Crippen LogP contribution in [-0.4, -0.2) is 4.98 Å². The molecule has 0 unspecified atom stereocenters. The molecule has 6 aromatic rings. The lowest BCUT2D eigenvalue weighted by Crippen LogP contribution is -2.12. The minimum absolute atomic E-state index is 0.0407. The second-order valence-electron chi connectivity index (χ2n) is 9.74. The first-order valence-corrected chi connectivity index (χ1v) is 11.9. The normalized spacial score (nSPS) is 12.5. The zero-order chi connectivity index (χ0) is 22.2. The van der Waals surface area contributed by atoms with E-state index < -0.39 is 0 Å². The Hall–Kier alpha value is -3.17. The predicted molar refractivity (Wildman–Crippen MR) is 138 cm³/mol. The van der Waals surface area contributed by atoms with Crippen LogP contribution < -0.4 is 0 Å². The third-order valence-electron chi connectivity index (χ3n) is 6.64. The molecule has 3 aromatic heterocycles. The van der Waals surface area contributed by atoms with E-state index in [9.17, 15) is 0 Å². The first-order valence-electron chi connectivity index (χ1n) is 11.1. The van der Waals surface area contributed by atoms with Gasteiger partial charge in [0.25, 0.3) is 0 Å². The Balaban J connectivity index is 1.70. The number of pyridine rings is 1. The molecular formula is C29H25NOS. The average molecular weight is 436 g/mol. The lowest BCUT2D eigenvalue weighted by molar-refractivity contribution is 0.578. The third-order valence-corrected chi connectivity index (χ3v) is 7.87. The summed E-state index contributed by atoms with van der Waals surface area (Å²) in [6, 6.07) is 19.9. The van der Waals surface area contributed by atoms with Crippen LogP contribution in [0.15, 0.2) is 65.2 Å². The van der Waals surface area contributed by atoms with Gasteiger partial charge in [-0.25, -0.2) is 0 Å². The van der Waals surface area contributed by atoms with E-state index in [0.717, 1.165) is 17.0 Å². The van der Waals surface area contributed by atoms with E-state index in [-0.39, 0.29) is 5.41 Å². The molecule has 158 valence electrons. The summed E-state index contributed by atoms with van der Waals surface area (Å²) < 4.78 is 8.63. The van der Waals surface area contributed by atoms with E-state index in [1.54, 1.807) is 11.3 Å². The van der Waals surface area contributed by atoms with Gasteiger partial charge in [-0.15, -0.1) is 11.3 Å². The van der Waals surface area contributed by atoms with Gasteiger partial charge in [-0.3, -0.25) is 4.98 Å². The zero-order valence-corrected chi connectivity index (χ0v) is 19.9. The van der Waals surface area contributed by atoms with E-state index in [1.807, 2.05) is 13.1 Å². The Kier molecular flexibility index (Phi) is 4.06. The van der Waals surface area contributed by atoms with Crippen LogP contribution in [0.25, 0.3) is 53.2 Å². The van der Waals surface area contributed by atoms with Crippen LogP contribution in [0.3, 0.4) is 0 Å². The molecule has 0 bridgehead atoms. The molecule has 6 rings (SSSR count). The largest absolute Gasteiger partial charge is 0.460 e. The lowest BCUT2D eigenvalue weighted by atomic mass is 9.82. The van der Waals surface area contributed by atoms with Crippen molar-refractivity contribution in [2.75, 3.05) is 0 Å². The fraction of sp³-hybridized carbons (Fsp3) is 0.207. The molecule has 0 aliphatic rings. The topological polar surface area (TPSA) is 26.0 Å². The Morgan fingerprint density at radius 1 is 0.812 bits per heavy atom. The molecule has 0 radical (unpaired) electrons. The molecule has 2 nitrogen and oxygen atoms in total. The number of benzene rings is 3. The molecule has 3 heteroatoms. The number of fused-ring (bicyclic) bond motifs is 6. The highest BCUT2D eigenvalue weighted by atomic mass is 32.1. The van der Waals surface area contributed by atoms with Gasteiger partial charge in [0.2, 0.25) is 0 Å². The van der Waals surface area contributed by atoms with Crippen LogP contribution >= 0.6 is 11.3 Å². The number of nitrogens with zero attached hydrogens (tertiary/aromatic N) is 1. The number of aromatic nitrogens is 1. The second kappa shape index (κ2) is 6.66. The summed E-state index contributed by atoms with van der Waals surface area (Å²) in [5.41, 5.74) is 5.84. The van der Waals surface area contributed by atoms with Gasteiger partial charge >= 0.3 is 0 Å². The summed E-state index contributed by atoms with van der Waals surface area (Å²) in [5.74, 6) is 0.993. The van der Waals surface area contributed by atoms with Crippen LogP contribution in [0.2, 0.25) is 0 Å². The van der Waals surface area contributed by atoms with Crippen molar-refractivity contribution in [1.29, 1.82) is 0 Å². The van der Waals surface area contributed by atoms with Crippen molar-refractivity contribution in [1.82, 2.24) is 4.98 Å². The molecule has 3 heterocycles. The molecule has 0 aliphatic heterocycles. The van der Waals surface area contributed by atoms with Gasteiger partial charge in [-0.2, -0.15) is 0 Å². The Morgan fingerprint density at radius 2 is 1.56 bits per heavy atom. The van der Waals surface area contributed by atoms with Crippen LogP contribution in [0.4, 0.5) is 0 Å². The standard InChI is InChI=1S/C29H25NOS/c1-16-17(2)31-26-20(16)10-11-22-23-12-13-30-25(27(23)32-28(22)26)19-14-18-8-6-7-9-21(18)24(15-19)29(3,4)5/h6-15H,1-5H3. The Bertz CT molecular complexity index is 1680. The van der Waals surface area contributed by atoms with Gasteiger partial charge in [0.05, 0.1) is 15.1 Å². The maximum Gasteiger partial charge on any atom is 0.152 e. The van der Waals surface area contributed by atoms with Gasteiger partial charge in [0.1, 0.15) is 5.76 Å². The first-order chi connectivity index (χ1) is 15.3. The molecule has 0 spiro atoms. The minimum Gasteiger partial charge on any atom is -0.460 e. The smallest absolute Gasteiger partial charge is 0.152 e. The number of rotatable bonds is 1. The number of hydrogen-bond acceptors (Lipinski definition) is 3. The lowest BCUT2D eigenvalue weighted by Gasteiger charge is -2.22. The SMILES string of the molecule is Cc1oc2c(ccc3c4ccnc(-c5cc(C(C)(C)C)c6ccccc6c5)c4sc32)c1C. The Morgan fingerprint density at radius 3 is 2.38 bits per heavy atom. The summed E-state index contributed by atoms with van der Waals surface area (Å²) in [6.07, 6.45) is 1.94. The molecule has 0 fully saturated rings. The monoisotopic (exact) mass is 435 g/mol. The molecule has 0 amide bonds. The van der Waals surface area contributed by atoms with Crippen molar-refractivity contribution in [2.45, 2.75) is 40.0 Å². The highest BCUT2D eigenvalue weighted by Gasteiger charge is 2.21. The maximum absolute atomic E-state index is 6.20. The van der Waals surface area contributed by atoms with Crippen molar-refractivity contribution in [3.63, 3.8) is 0 Å². The van der Waals surface area contributed by atoms with Crippen molar-refractivity contribution in [3.05, 3.63) is 77.7 Å². The number of aryl methyl sites for hydroxylation is 2. The molecule has 32 heavy (non-hydrogen) atoms. The first kappa shape index (κ1) is 19.5. The summed E-state index contributed by atoms with van der Waals surface area (Å²) in [5, 5.41) is 6.27. The van der Waals surface area contributed by atoms with Crippen molar-refractivity contribution in [3.8, 4) is 11.3 Å². The molecule has 0 atom stereocenters. The molecule has 3 aromatic carbocycles. The number of thiophene rings is 1. The highest BCUT2D eigenvalue weighted by molar-refractivity contribution is 7.27. The molecular weight excluding hydrogens is 410 g/mol. The quantitative estimate of drug-likeness (QED) is 0.258. The summed E-state index contributed by atoms with van der Waals surface area (Å²) in [6.45, 7) is 11.0. The van der Waals surface area contributed by atoms with Crippen LogP contribution in [0.1, 0.15) is 37.7 Å². The number of hydrogen-bond donors (Lipinski definition) is 0. The van der Waals surface area contributed by atoms with Crippen molar-refractivity contribution in [2.24, 2.45) is 0 Å². The summed E-state index contributed by atoms with van der Waals surface area (Å²) in [4.78, 5) is 4.89. The third kappa shape index (κ3) is 2.74. The van der Waals surface area contributed by atoms with Gasteiger partial charge in [0, 0.05) is 27.9 Å². The van der Waals surface area contributed by atoms with E-state index in [2.05, 4.69) is 82.3 Å². The van der Waals surface area contributed by atoms with E-state index >= 15 is 0 Å². The van der Waals surface area contributed by atoms with Crippen LogP contribution in [0, 0.1) is 13.8 Å². The maximum atomic E-state index is 6.20. The summed E-state index contributed by atoms with van der Waals surface area (Å²) in [7, 11) is 0. The predicted octanol–water partition coefficient (Wildman–Crippen LogP) is 8.93.